The lowest BCUT2D eigenvalue weighted by Crippen LogP contribution is -2.33. The maximum atomic E-state index is 13.5. The zero-order valence-electron chi connectivity index (χ0n) is 20.1. The van der Waals surface area contributed by atoms with E-state index in [0.717, 1.165) is 16.9 Å². The van der Waals surface area contributed by atoms with Crippen molar-refractivity contribution in [1.29, 1.82) is 5.26 Å². The fraction of sp³-hybridized carbons (Fsp3) is 0.296. The first-order valence-corrected chi connectivity index (χ1v) is 11.8. The third kappa shape index (κ3) is 5.92. The second kappa shape index (κ2) is 10.4. The molecule has 0 aliphatic heterocycles. The number of hydrogen-bond acceptors (Lipinski definition) is 5. The molecule has 0 saturated heterocycles. The first-order chi connectivity index (χ1) is 16.4. The van der Waals surface area contributed by atoms with Gasteiger partial charge in [-0.25, -0.2) is 0 Å². The number of carbonyl (C=O) groups is 1. The molecule has 0 amide bonds. The Kier molecular flexibility index (Phi) is 7.71. The molecule has 0 N–H and O–H groups in total. The SMILES string of the molecule is CC(C)c1ccc(-n2c(=C(C#N)C(=O)C(C)(C)C)sc(=Cc3ccc(OC(F)F)cc3)c2=O)cc1. The Hall–Kier alpha value is -3.57. The fourth-order valence-corrected chi connectivity index (χ4v) is 4.46. The second-order valence-electron chi connectivity index (χ2n) is 9.32. The van der Waals surface area contributed by atoms with Crippen molar-refractivity contribution in [2.45, 2.75) is 47.1 Å². The third-order valence-electron chi connectivity index (χ3n) is 5.28. The Morgan fingerprint density at radius 2 is 1.69 bits per heavy atom. The molecular weight excluding hydrogens is 470 g/mol. The minimum Gasteiger partial charge on any atom is -0.435 e. The van der Waals surface area contributed by atoms with E-state index in [4.69, 9.17) is 0 Å². The monoisotopic (exact) mass is 496 g/mol. The molecule has 1 aromatic heterocycles. The summed E-state index contributed by atoms with van der Waals surface area (Å²) in [4.78, 5) is 26.6. The van der Waals surface area contributed by atoms with Gasteiger partial charge in [-0.15, -0.1) is 11.3 Å². The summed E-state index contributed by atoms with van der Waals surface area (Å²) in [6.07, 6.45) is 1.60. The number of benzene rings is 2. The molecule has 182 valence electrons. The van der Waals surface area contributed by atoms with Gasteiger partial charge in [0.15, 0.2) is 5.78 Å². The topological polar surface area (TPSA) is 72.1 Å². The van der Waals surface area contributed by atoms with Crippen molar-refractivity contribution in [2.24, 2.45) is 5.41 Å². The molecule has 0 spiro atoms. The normalized spacial score (nSPS) is 13.2. The first kappa shape index (κ1) is 26.0. The molecule has 3 aromatic rings. The summed E-state index contributed by atoms with van der Waals surface area (Å²) in [5, 5.41) is 9.89. The molecule has 3 rings (SSSR count). The molecule has 35 heavy (non-hydrogen) atoms. The van der Waals surface area contributed by atoms with E-state index in [1.54, 1.807) is 51.1 Å². The van der Waals surface area contributed by atoms with Crippen LogP contribution in [0.1, 0.15) is 51.7 Å². The lowest BCUT2D eigenvalue weighted by Gasteiger charge is -2.15. The zero-order chi connectivity index (χ0) is 25.9. The highest BCUT2D eigenvalue weighted by atomic mass is 32.1. The maximum absolute atomic E-state index is 13.5. The van der Waals surface area contributed by atoms with Gasteiger partial charge in [-0.05, 0) is 47.4 Å². The van der Waals surface area contributed by atoms with Gasteiger partial charge in [0.05, 0.1) is 10.2 Å². The Balaban J connectivity index is 2.29. The molecule has 0 atom stereocenters. The van der Waals surface area contributed by atoms with Crippen LogP contribution in [0, 0.1) is 16.7 Å². The lowest BCUT2D eigenvalue weighted by molar-refractivity contribution is -0.120. The number of carbonyl (C=O) groups excluding carboxylic acids is 1. The predicted molar refractivity (Wildman–Crippen MR) is 133 cm³/mol. The summed E-state index contributed by atoms with van der Waals surface area (Å²) in [5.41, 5.74) is 0.922. The number of ketones is 1. The first-order valence-electron chi connectivity index (χ1n) is 11.0. The van der Waals surface area contributed by atoms with Gasteiger partial charge in [-0.2, -0.15) is 14.0 Å². The minimum absolute atomic E-state index is 0.00236. The van der Waals surface area contributed by atoms with Crippen molar-refractivity contribution in [1.82, 2.24) is 4.57 Å². The summed E-state index contributed by atoms with van der Waals surface area (Å²) >= 11 is 1.04. The molecule has 0 unspecified atom stereocenters. The number of alkyl halides is 2. The van der Waals surface area contributed by atoms with Gasteiger partial charge in [-0.1, -0.05) is 58.9 Å². The van der Waals surface area contributed by atoms with E-state index in [0.29, 0.717) is 21.7 Å². The van der Waals surface area contributed by atoms with Crippen LogP contribution in [0.5, 0.6) is 5.75 Å². The van der Waals surface area contributed by atoms with Crippen LogP contribution in [0.15, 0.2) is 53.3 Å². The maximum Gasteiger partial charge on any atom is 0.387 e. The van der Waals surface area contributed by atoms with Crippen molar-refractivity contribution in [3.05, 3.63) is 79.2 Å². The minimum atomic E-state index is -2.93. The van der Waals surface area contributed by atoms with Crippen LogP contribution in [-0.2, 0) is 4.79 Å². The summed E-state index contributed by atoms with van der Waals surface area (Å²) in [7, 11) is 0. The Bertz CT molecular complexity index is 1440. The number of Topliss-reactive ketones (excluding diaryl/α,β-unsaturated/α-hetero) is 1. The Morgan fingerprint density at radius 1 is 1.09 bits per heavy atom. The fourth-order valence-electron chi connectivity index (χ4n) is 3.36. The van der Waals surface area contributed by atoms with Gasteiger partial charge in [-0.3, -0.25) is 14.2 Å². The molecule has 0 radical (unpaired) electrons. The quantitative estimate of drug-likeness (QED) is 0.494. The molecule has 0 saturated carbocycles. The van der Waals surface area contributed by atoms with Gasteiger partial charge >= 0.3 is 6.61 Å². The van der Waals surface area contributed by atoms with Gasteiger partial charge in [0.1, 0.15) is 22.1 Å². The van der Waals surface area contributed by atoms with Crippen LogP contribution in [0.4, 0.5) is 8.78 Å². The molecule has 5 nitrogen and oxygen atoms in total. The van der Waals surface area contributed by atoms with Crippen LogP contribution in [0.2, 0.25) is 0 Å². The standard InChI is InChI=1S/C27H26F2N2O3S/c1-16(2)18-8-10-19(11-9-18)31-24(33)22(14-17-6-12-20(13-7-17)34-26(28)29)35-25(31)21(15-30)23(32)27(3,4)5/h6-14,16,26H,1-5H3. The summed E-state index contributed by atoms with van der Waals surface area (Å²) in [5.74, 6) is -0.0660. The van der Waals surface area contributed by atoms with E-state index in [1.807, 2.05) is 18.2 Å². The van der Waals surface area contributed by atoms with E-state index < -0.39 is 12.0 Å². The second-order valence-corrected chi connectivity index (χ2v) is 10.3. The van der Waals surface area contributed by atoms with Crippen LogP contribution < -0.4 is 19.5 Å². The lowest BCUT2D eigenvalue weighted by atomic mass is 9.87. The molecule has 1 heterocycles. The number of halogens is 2. The van der Waals surface area contributed by atoms with E-state index in [-0.39, 0.29) is 27.3 Å². The summed E-state index contributed by atoms with van der Waals surface area (Å²) in [6.45, 7) is 6.35. The number of nitrogens with zero attached hydrogens (tertiary/aromatic N) is 2. The van der Waals surface area contributed by atoms with Gasteiger partial charge in [0.2, 0.25) is 0 Å². The zero-order valence-corrected chi connectivity index (χ0v) is 21.0. The predicted octanol–water partition coefficient (Wildman–Crippen LogP) is 4.74. The Morgan fingerprint density at radius 3 is 2.17 bits per heavy atom. The molecule has 0 aliphatic rings. The number of aromatic nitrogens is 1. The van der Waals surface area contributed by atoms with Crippen molar-refractivity contribution >= 4 is 28.8 Å². The highest BCUT2D eigenvalue weighted by molar-refractivity contribution is 7.07. The average Bonchev–Trinajstić information content (AvgIpc) is 3.10. The van der Waals surface area contributed by atoms with Crippen molar-refractivity contribution in [3.63, 3.8) is 0 Å². The average molecular weight is 497 g/mol. The van der Waals surface area contributed by atoms with Gasteiger partial charge in [0.25, 0.3) is 5.56 Å². The van der Waals surface area contributed by atoms with Gasteiger partial charge in [0, 0.05) is 5.41 Å². The number of ether oxygens (including phenoxy) is 1. The summed E-state index contributed by atoms with van der Waals surface area (Å²) in [6, 6.07) is 15.3. The van der Waals surface area contributed by atoms with Crippen molar-refractivity contribution in [2.75, 3.05) is 0 Å². The number of thiazole rings is 1. The van der Waals surface area contributed by atoms with E-state index in [9.17, 15) is 23.6 Å². The third-order valence-corrected chi connectivity index (χ3v) is 6.37. The highest BCUT2D eigenvalue weighted by Crippen LogP contribution is 2.21. The molecule has 8 heteroatoms. The van der Waals surface area contributed by atoms with Crippen LogP contribution >= 0.6 is 11.3 Å². The highest BCUT2D eigenvalue weighted by Gasteiger charge is 2.27. The van der Waals surface area contributed by atoms with E-state index in [1.165, 1.54) is 16.7 Å². The molecular formula is C27H26F2N2O3S. The van der Waals surface area contributed by atoms with E-state index >= 15 is 0 Å². The molecule has 0 fully saturated rings. The number of hydrogen-bond donors (Lipinski definition) is 0. The number of rotatable bonds is 6. The van der Waals surface area contributed by atoms with E-state index in [2.05, 4.69) is 18.6 Å². The smallest absolute Gasteiger partial charge is 0.387 e. The Labute approximate surface area is 206 Å². The summed E-state index contributed by atoms with van der Waals surface area (Å²) < 4.78 is 31.2. The van der Waals surface area contributed by atoms with Crippen molar-refractivity contribution in [3.8, 4) is 17.5 Å². The van der Waals surface area contributed by atoms with Gasteiger partial charge < -0.3 is 4.74 Å². The van der Waals surface area contributed by atoms with Crippen LogP contribution in [0.3, 0.4) is 0 Å². The van der Waals surface area contributed by atoms with Crippen molar-refractivity contribution < 1.29 is 18.3 Å². The number of nitriles is 1. The molecule has 2 aromatic carbocycles. The molecule has 0 aliphatic carbocycles. The van der Waals surface area contributed by atoms with Crippen LogP contribution in [0.25, 0.3) is 17.3 Å². The molecule has 0 bridgehead atoms. The largest absolute Gasteiger partial charge is 0.435 e. The van der Waals surface area contributed by atoms with Crippen LogP contribution in [-0.4, -0.2) is 17.0 Å².